The van der Waals surface area contributed by atoms with Crippen LogP contribution in [0.25, 0.3) is 0 Å². The number of amides is 2. The highest BCUT2D eigenvalue weighted by molar-refractivity contribution is 6.30. The van der Waals surface area contributed by atoms with Gasteiger partial charge < -0.3 is 10.2 Å². The summed E-state index contributed by atoms with van der Waals surface area (Å²) in [6.45, 7) is 5.16. The van der Waals surface area contributed by atoms with Crippen molar-refractivity contribution >= 4 is 34.9 Å². The fraction of sp³-hybridized carbons (Fsp3) is 0.286. The Morgan fingerprint density at radius 2 is 1.41 bits per heavy atom. The molecule has 0 aliphatic rings. The standard InChI is InChI=1S/C21H23ClN2O3/c1-3-24(4-2)21(27)16-7-11-18(12-8-16)23-20(26)14-13-19(25)15-5-9-17(22)10-6-15/h5-12H,3-4,13-14H2,1-2H3,(H,23,26). The van der Waals surface area contributed by atoms with Gasteiger partial charge in [-0.3, -0.25) is 14.4 Å². The molecule has 0 spiro atoms. The van der Waals surface area contributed by atoms with Crippen molar-refractivity contribution in [3.8, 4) is 0 Å². The molecule has 0 saturated carbocycles. The summed E-state index contributed by atoms with van der Waals surface area (Å²) >= 11 is 5.80. The number of anilines is 1. The Bertz CT molecular complexity index is 797. The molecule has 0 heterocycles. The third-order valence-electron chi connectivity index (χ3n) is 4.21. The van der Waals surface area contributed by atoms with E-state index in [1.54, 1.807) is 53.4 Å². The van der Waals surface area contributed by atoms with Crippen LogP contribution < -0.4 is 5.32 Å². The molecule has 0 aliphatic carbocycles. The summed E-state index contributed by atoms with van der Waals surface area (Å²) in [6.07, 6.45) is 0.202. The maximum atomic E-state index is 12.3. The summed E-state index contributed by atoms with van der Waals surface area (Å²) in [5, 5.41) is 3.31. The number of hydrogen-bond donors (Lipinski definition) is 1. The van der Waals surface area contributed by atoms with Gasteiger partial charge in [-0.25, -0.2) is 0 Å². The Kier molecular flexibility index (Phi) is 7.55. The Labute approximate surface area is 164 Å². The fourth-order valence-corrected chi connectivity index (χ4v) is 2.75. The van der Waals surface area contributed by atoms with E-state index in [0.717, 1.165) is 0 Å². The van der Waals surface area contributed by atoms with Crippen LogP contribution in [0.5, 0.6) is 0 Å². The van der Waals surface area contributed by atoms with Gasteiger partial charge in [-0.2, -0.15) is 0 Å². The smallest absolute Gasteiger partial charge is 0.253 e. The monoisotopic (exact) mass is 386 g/mol. The molecular formula is C21H23ClN2O3. The number of rotatable bonds is 8. The van der Waals surface area contributed by atoms with E-state index in [2.05, 4.69) is 5.32 Å². The van der Waals surface area contributed by atoms with Gasteiger partial charge in [-0.05, 0) is 62.4 Å². The molecule has 5 nitrogen and oxygen atoms in total. The quantitative estimate of drug-likeness (QED) is 0.683. The van der Waals surface area contributed by atoms with Crippen molar-refractivity contribution in [3.63, 3.8) is 0 Å². The third-order valence-corrected chi connectivity index (χ3v) is 4.46. The largest absolute Gasteiger partial charge is 0.339 e. The molecular weight excluding hydrogens is 364 g/mol. The SMILES string of the molecule is CCN(CC)C(=O)c1ccc(NC(=O)CCC(=O)c2ccc(Cl)cc2)cc1. The second-order valence-corrected chi connectivity index (χ2v) is 6.47. The predicted molar refractivity (Wildman–Crippen MR) is 107 cm³/mol. The number of ketones is 1. The van der Waals surface area contributed by atoms with E-state index in [1.165, 1.54) is 0 Å². The lowest BCUT2D eigenvalue weighted by Crippen LogP contribution is -2.30. The zero-order chi connectivity index (χ0) is 19.8. The van der Waals surface area contributed by atoms with Crippen LogP contribution in [-0.4, -0.2) is 35.6 Å². The van der Waals surface area contributed by atoms with Crippen LogP contribution in [0.4, 0.5) is 5.69 Å². The first-order chi connectivity index (χ1) is 12.9. The summed E-state index contributed by atoms with van der Waals surface area (Å²) in [5.41, 5.74) is 1.70. The number of carbonyl (C=O) groups is 3. The average molecular weight is 387 g/mol. The maximum Gasteiger partial charge on any atom is 0.253 e. The van der Waals surface area contributed by atoms with E-state index in [9.17, 15) is 14.4 Å². The van der Waals surface area contributed by atoms with Crippen molar-refractivity contribution in [1.29, 1.82) is 0 Å². The van der Waals surface area contributed by atoms with E-state index in [1.807, 2.05) is 13.8 Å². The van der Waals surface area contributed by atoms with Gasteiger partial charge in [0.1, 0.15) is 0 Å². The van der Waals surface area contributed by atoms with Crippen LogP contribution in [0.15, 0.2) is 48.5 Å². The van der Waals surface area contributed by atoms with E-state index in [0.29, 0.717) is 34.9 Å². The average Bonchev–Trinajstić information content (AvgIpc) is 2.68. The highest BCUT2D eigenvalue weighted by Gasteiger charge is 2.13. The molecule has 0 bridgehead atoms. The lowest BCUT2D eigenvalue weighted by molar-refractivity contribution is -0.116. The molecule has 2 aromatic rings. The molecule has 0 fully saturated rings. The maximum absolute atomic E-state index is 12.3. The first kappa shape index (κ1) is 20.6. The van der Waals surface area contributed by atoms with Gasteiger partial charge in [-0.15, -0.1) is 0 Å². The number of nitrogens with one attached hydrogen (secondary N) is 1. The van der Waals surface area contributed by atoms with Gasteiger partial charge in [0.2, 0.25) is 5.91 Å². The van der Waals surface area contributed by atoms with Crippen molar-refractivity contribution in [3.05, 3.63) is 64.7 Å². The molecule has 2 rings (SSSR count). The van der Waals surface area contributed by atoms with Gasteiger partial charge in [-0.1, -0.05) is 11.6 Å². The van der Waals surface area contributed by atoms with Crippen molar-refractivity contribution in [2.75, 3.05) is 18.4 Å². The molecule has 0 radical (unpaired) electrons. The van der Waals surface area contributed by atoms with Crippen LogP contribution in [0, 0.1) is 0 Å². The highest BCUT2D eigenvalue weighted by atomic mass is 35.5. The number of halogens is 1. The summed E-state index contributed by atoms with van der Waals surface area (Å²) in [4.78, 5) is 38.1. The molecule has 0 aliphatic heterocycles. The minimum Gasteiger partial charge on any atom is -0.339 e. The van der Waals surface area contributed by atoms with Crippen LogP contribution in [0.3, 0.4) is 0 Å². The Morgan fingerprint density at radius 3 is 1.96 bits per heavy atom. The number of hydrogen-bond acceptors (Lipinski definition) is 3. The van der Waals surface area contributed by atoms with Crippen LogP contribution in [0.2, 0.25) is 5.02 Å². The molecule has 0 unspecified atom stereocenters. The lowest BCUT2D eigenvalue weighted by Gasteiger charge is -2.18. The number of Topliss-reactive ketones (excluding diaryl/α,β-unsaturated/α-hetero) is 1. The van der Waals surface area contributed by atoms with Gasteiger partial charge in [0.15, 0.2) is 5.78 Å². The Hall–Kier alpha value is -2.66. The zero-order valence-corrected chi connectivity index (χ0v) is 16.3. The van der Waals surface area contributed by atoms with E-state index in [-0.39, 0.29) is 30.4 Å². The highest BCUT2D eigenvalue weighted by Crippen LogP contribution is 2.14. The van der Waals surface area contributed by atoms with Crippen LogP contribution in [-0.2, 0) is 4.79 Å². The fourth-order valence-electron chi connectivity index (χ4n) is 2.62. The lowest BCUT2D eigenvalue weighted by atomic mass is 10.1. The summed E-state index contributed by atoms with van der Waals surface area (Å²) in [7, 11) is 0. The second-order valence-electron chi connectivity index (χ2n) is 6.03. The first-order valence-corrected chi connectivity index (χ1v) is 9.30. The summed E-state index contributed by atoms with van der Waals surface area (Å²) in [6, 6.07) is 13.4. The van der Waals surface area contributed by atoms with Crippen molar-refractivity contribution in [1.82, 2.24) is 4.90 Å². The summed E-state index contributed by atoms with van der Waals surface area (Å²) in [5.74, 6) is -0.395. The van der Waals surface area contributed by atoms with Crippen LogP contribution in [0.1, 0.15) is 47.4 Å². The molecule has 0 atom stereocenters. The molecule has 6 heteroatoms. The zero-order valence-electron chi connectivity index (χ0n) is 15.5. The number of benzene rings is 2. The van der Waals surface area contributed by atoms with Gasteiger partial charge >= 0.3 is 0 Å². The topological polar surface area (TPSA) is 66.5 Å². The normalized spacial score (nSPS) is 10.3. The molecule has 1 N–H and O–H groups in total. The molecule has 27 heavy (non-hydrogen) atoms. The predicted octanol–water partition coefficient (Wildman–Crippen LogP) is 4.42. The van der Waals surface area contributed by atoms with Crippen LogP contribution >= 0.6 is 11.6 Å². The number of nitrogens with zero attached hydrogens (tertiary/aromatic N) is 1. The van der Waals surface area contributed by atoms with Gasteiger partial charge in [0.25, 0.3) is 5.91 Å². The minimum absolute atomic E-state index is 0.0357. The van der Waals surface area contributed by atoms with E-state index < -0.39 is 0 Å². The molecule has 2 amide bonds. The Morgan fingerprint density at radius 1 is 0.852 bits per heavy atom. The molecule has 0 saturated heterocycles. The summed E-state index contributed by atoms with van der Waals surface area (Å²) < 4.78 is 0. The van der Waals surface area contributed by atoms with Crippen molar-refractivity contribution in [2.24, 2.45) is 0 Å². The van der Waals surface area contributed by atoms with Gasteiger partial charge in [0.05, 0.1) is 0 Å². The minimum atomic E-state index is -0.250. The second kappa shape index (κ2) is 9.88. The molecule has 142 valence electrons. The van der Waals surface area contributed by atoms with Crippen molar-refractivity contribution < 1.29 is 14.4 Å². The number of carbonyl (C=O) groups excluding carboxylic acids is 3. The van der Waals surface area contributed by atoms with E-state index in [4.69, 9.17) is 11.6 Å². The third kappa shape index (κ3) is 5.93. The van der Waals surface area contributed by atoms with E-state index >= 15 is 0 Å². The molecule has 2 aromatic carbocycles. The molecule has 0 aromatic heterocycles. The van der Waals surface area contributed by atoms with Gasteiger partial charge in [0, 0.05) is 47.8 Å². The Balaban J connectivity index is 1.87. The van der Waals surface area contributed by atoms with Crippen molar-refractivity contribution in [2.45, 2.75) is 26.7 Å². The first-order valence-electron chi connectivity index (χ1n) is 8.92.